The summed E-state index contributed by atoms with van der Waals surface area (Å²) in [6, 6.07) is 4.75. The Morgan fingerprint density at radius 3 is 1.82 bits per heavy atom. The van der Waals surface area contributed by atoms with Crippen LogP contribution in [0.3, 0.4) is 0 Å². The summed E-state index contributed by atoms with van der Waals surface area (Å²) in [5.41, 5.74) is -1.37. The molecular weight excluding hydrogens is 440 g/mol. The van der Waals surface area contributed by atoms with Gasteiger partial charge >= 0.3 is 17.9 Å². The SMILES string of the molecule is COC(=O)c1c(OC(=O)C(C)(C)C)cc2cc(CC(C)=O)c(OC)cc2c1OC(=O)C(C)(C)C. The number of carbonyl (C=O) groups excluding carboxylic acids is 4. The molecule has 0 aliphatic carbocycles. The highest BCUT2D eigenvalue weighted by Crippen LogP contribution is 2.42. The molecule has 0 aromatic heterocycles. The van der Waals surface area contributed by atoms with Gasteiger partial charge in [-0.1, -0.05) is 0 Å². The fraction of sp³-hybridized carbons (Fsp3) is 0.462. The summed E-state index contributed by atoms with van der Waals surface area (Å²) in [5.74, 6) is -1.98. The third kappa shape index (κ3) is 5.92. The Hall–Kier alpha value is -3.42. The van der Waals surface area contributed by atoms with Crippen molar-refractivity contribution >= 4 is 34.5 Å². The molecule has 34 heavy (non-hydrogen) atoms. The number of rotatable bonds is 6. The van der Waals surface area contributed by atoms with Gasteiger partial charge in [0.1, 0.15) is 22.8 Å². The number of esters is 3. The van der Waals surface area contributed by atoms with Gasteiger partial charge in [0, 0.05) is 17.4 Å². The molecule has 0 radical (unpaired) electrons. The van der Waals surface area contributed by atoms with E-state index in [4.69, 9.17) is 18.9 Å². The average Bonchev–Trinajstić information content (AvgIpc) is 2.71. The minimum absolute atomic E-state index is 0.0809. The second-order valence-corrected chi connectivity index (χ2v) is 10.1. The molecule has 0 heterocycles. The lowest BCUT2D eigenvalue weighted by atomic mass is 9.96. The van der Waals surface area contributed by atoms with E-state index in [-0.39, 0.29) is 29.3 Å². The van der Waals surface area contributed by atoms with Crippen molar-refractivity contribution in [2.45, 2.75) is 54.9 Å². The number of hydrogen-bond acceptors (Lipinski definition) is 8. The Balaban J connectivity index is 2.96. The van der Waals surface area contributed by atoms with Crippen LogP contribution in [0.15, 0.2) is 18.2 Å². The molecule has 2 rings (SSSR count). The number of carbonyl (C=O) groups is 4. The lowest BCUT2D eigenvalue weighted by Crippen LogP contribution is -2.28. The number of fused-ring (bicyclic) bond motifs is 1. The van der Waals surface area contributed by atoms with Crippen LogP contribution in [0.2, 0.25) is 0 Å². The standard InChI is InChI=1S/C26H32O8/c1-14(27)10-16-11-15-12-19(33-23(29)25(2,3)4)20(22(28)32-9)21(17(15)13-18(16)31-8)34-24(30)26(5,6)7/h11-13H,10H2,1-9H3. The molecule has 0 aliphatic heterocycles. The van der Waals surface area contributed by atoms with Gasteiger partial charge in [-0.15, -0.1) is 0 Å². The zero-order valence-corrected chi connectivity index (χ0v) is 21.2. The van der Waals surface area contributed by atoms with Crippen LogP contribution in [-0.2, 0) is 25.5 Å². The van der Waals surface area contributed by atoms with Crippen LogP contribution >= 0.6 is 0 Å². The zero-order valence-electron chi connectivity index (χ0n) is 21.2. The van der Waals surface area contributed by atoms with Gasteiger partial charge in [-0.05, 0) is 72.1 Å². The number of hydrogen-bond donors (Lipinski definition) is 0. The second-order valence-electron chi connectivity index (χ2n) is 10.1. The number of ether oxygens (including phenoxy) is 4. The van der Waals surface area contributed by atoms with E-state index in [1.54, 1.807) is 53.7 Å². The Morgan fingerprint density at radius 1 is 0.794 bits per heavy atom. The monoisotopic (exact) mass is 472 g/mol. The number of methoxy groups -OCH3 is 2. The minimum Gasteiger partial charge on any atom is -0.496 e. The van der Waals surface area contributed by atoms with Crippen molar-refractivity contribution in [1.82, 2.24) is 0 Å². The first-order valence-corrected chi connectivity index (χ1v) is 10.8. The summed E-state index contributed by atoms with van der Waals surface area (Å²) in [6.45, 7) is 11.5. The molecular formula is C26H32O8. The molecule has 8 nitrogen and oxygen atoms in total. The number of ketones is 1. The number of Topliss-reactive ketones (excluding diaryl/α,β-unsaturated/α-hetero) is 1. The molecule has 0 saturated heterocycles. The predicted octanol–water partition coefficient (Wildman–Crippen LogP) is 4.67. The molecule has 2 aromatic rings. The molecule has 184 valence electrons. The van der Waals surface area contributed by atoms with Crippen LogP contribution in [0.5, 0.6) is 17.2 Å². The van der Waals surface area contributed by atoms with E-state index >= 15 is 0 Å². The molecule has 0 unspecified atom stereocenters. The van der Waals surface area contributed by atoms with Gasteiger partial charge in [-0.25, -0.2) is 4.79 Å². The summed E-state index contributed by atoms with van der Waals surface area (Å²) in [7, 11) is 2.63. The van der Waals surface area contributed by atoms with Gasteiger partial charge in [-0.2, -0.15) is 0 Å². The van der Waals surface area contributed by atoms with Crippen molar-refractivity contribution in [2.24, 2.45) is 10.8 Å². The zero-order chi connectivity index (χ0) is 26.0. The van der Waals surface area contributed by atoms with Crippen LogP contribution in [0, 0.1) is 10.8 Å². The third-order valence-electron chi connectivity index (χ3n) is 4.91. The molecule has 0 bridgehead atoms. The third-order valence-corrected chi connectivity index (χ3v) is 4.91. The summed E-state index contributed by atoms with van der Waals surface area (Å²) in [4.78, 5) is 50.2. The Bertz CT molecular complexity index is 1150. The van der Waals surface area contributed by atoms with Crippen LogP contribution < -0.4 is 14.2 Å². The first-order chi connectivity index (χ1) is 15.6. The summed E-state index contributed by atoms with van der Waals surface area (Å²) >= 11 is 0. The Kier molecular flexibility index (Phi) is 7.76. The van der Waals surface area contributed by atoms with E-state index in [1.165, 1.54) is 27.2 Å². The van der Waals surface area contributed by atoms with Gasteiger partial charge in [0.05, 0.1) is 25.0 Å². The van der Waals surface area contributed by atoms with Gasteiger partial charge in [-0.3, -0.25) is 14.4 Å². The van der Waals surface area contributed by atoms with E-state index in [9.17, 15) is 19.2 Å². The predicted molar refractivity (Wildman–Crippen MR) is 126 cm³/mol. The fourth-order valence-corrected chi connectivity index (χ4v) is 3.00. The average molecular weight is 473 g/mol. The van der Waals surface area contributed by atoms with Crippen LogP contribution in [0.1, 0.15) is 64.4 Å². The quantitative estimate of drug-likeness (QED) is 0.441. The maximum Gasteiger partial charge on any atom is 0.345 e. The maximum atomic E-state index is 12.8. The van der Waals surface area contributed by atoms with E-state index in [0.717, 1.165) is 0 Å². The van der Waals surface area contributed by atoms with Crippen molar-refractivity contribution in [3.63, 3.8) is 0 Å². The topological polar surface area (TPSA) is 105 Å². The maximum absolute atomic E-state index is 12.8. The highest BCUT2D eigenvalue weighted by Gasteiger charge is 2.32. The van der Waals surface area contributed by atoms with Crippen LogP contribution in [-0.4, -0.2) is 37.9 Å². The van der Waals surface area contributed by atoms with Gasteiger partial charge in [0.15, 0.2) is 5.75 Å². The van der Waals surface area contributed by atoms with Crippen molar-refractivity contribution in [3.8, 4) is 17.2 Å². The normalized spacial score (nSPS) is 11.7. The summed E-state index contributed by atoms with van der Waals surface area (Å²) < 4.78 is 21.7. The Labute approximate surface area is 199 Å². The lowest BCUT2D eigenvalue weighted by Gasteiger charge is -2.22. The van der Waals surface area contributed by atoms with Crippen molar-refractivity contribution in [1.29, 1.82) is 0 Å². The summed E-state index contributed by atoms with van der Waals surface area (Å²) in [5, 5.41) is 0.843. The largest absolute Gasteiger partial charge is 0.496 e. The molecule has 0 saturated carbocycles. The lowest BCUT2D eigenvalue weighted by molar-refractivity contribution is -0.143. The molecule has 0 N–H and O–H groups in total. The Morgan fingerprint density at radius 2 is 1.35 bits per heavy atom. The molecule has 0 atom stereocenters. The van der Waals surface area contributed by atoms with Crippen molar-refractivity contribution in [2.75, 3.05) is 14.2 Å². The van der Waals surface area contributed by atoms with Crippen molar-refractivity contribution < 1.29 is 38.1 Å². The highest BCUT2D eigenvalue weighted by molar-refractivity contribution is 6.07. The summed E-state index contributed by atoms with van der Waals surface area (Å²) in [6.07, 6.45) is 0.103. The van der Waals surface area contributed by atoms with Gasteiger partial charge < -0.3 is 18.9 Å². The minimum atomic E-state index is -0.892. The molecule has 2 aromatic carbocycles. The second kappa shape index (κ2) is 9.83. The van der Waals surface area contributed by atoms with E-state index in [2.05, 4.69) is 0 Å². The first kappa shape index (κ1) is 26.8. The van der Waals surface area contributed by atoms with E-state index < -0.39 is 28.7 Å². The highest BCUT2D eigenvalue weighted by atomic mass is 16.6. The molecule has 0 fully saturated rings. The molecule has 0 spiro atoms. The number of benzene rings is 2. The van der Waals surface area contributed by atoms with E-state index in [0.29, 0.717) is 22.1 Å². The first-order valence-electron chi connectivity index (χ1n) is 10.8. The molecule has 0 amide bonds. The molecule has 0 aliphatic rings. The van der Waals surface area contributed by atoms with Crippen LogP contribution in [0.4, 0.5) is 0 Å². The van der Waals surface area contributed by atoms with Gasteiger partial charge in [0.25, 0.3) is 0 Å². The molecule has 8 heteroatoms. The van der Waals surface area contributed by atoms with E-state index in [1.807, 2.05) is 0 Å². The van der Waals surface area contributed by atoms with Gasteiger partial charge in [0.2, 0.25) is 0 Å². The van der Waals surface area contributed by atoms with Crippen molar-refractivity contribution in [3.05, 3.63) is 29.3 Å². The van der Waals surface area contributed by atoms with Crippen LogP contribution in [0.25, 0.3) is 10.8 Å². The fourth-order valence-electron chi connectivity index (χ4n) is 3.00. The smallest absolute Gasteiger partial charge is 0.345 e.